The smallest absolute Gasteiger partial charge is 0.0348 e. The van der Waals surface area contributed by atoms with Crippen molar-refractivity contribution in [2.24, 2.45) is 0 Å². The fraction of sp³-hybridized carbons (Fsp3) is 0.429. The van der Waals surface area contributed by atoms with Gasteiger partial charge in [-0.2, -0.15) is 0 Å². The van der Waals surface area contributed by atoms with E-state index in [2.05, 4.69) is 32.7 Å². The van der Waals surface area contributed by atoms with Gasteiger partial charge in [0.2, 0.25) is 0 Å². The molecule has 1 aromatic heterocycles. The van der Waals surface area contributed by atoms with E-state index in [1.165, 1.54) is 9.35 Å². The minimum atomic E-state index is 0.670. The summed E-state index contributed by atoms with van der Waals surface area (Å²) < 4.78 is 1.18. The second kappa shape index (κ2) is 5.14. The molecular formula is C7H9BrClNS. The van der Waals surface area contributed by atoms with Crippen molar-refractivity contribution in [1.82, 2.24) is 5.32 Å². The highest BCUT2D eigenvalue weighted by atomic mass is 79.9. The van der Waals surface area contributed by atoms with Crippen LogP contribution in [-0.2, 0) is 6.54 Å². The molecule has 0 radical (unpaired) electrons. The molecule has 11 heavy (non-hydrogen) atoms. The molecule has 0 amide bonds. The number of thiophene rings is 1. The first kappa shape index (κ1) is 9.52. The second-order valence-electron chi connectivity index (χ2n) is 2.06. The van der Waals surface area contributed by atoms with E-state index < -0.39 is 0 Å². The number of hydrogen-bond donors (Lipinski definition) is 1. The summed E-state index contributed by atoms with van der Waals surface area (Å²) in [7, 11) is 0. The van der Waals surface area contributed by atoms with E-state index in [1.54, 1.807) is 11.3 Å². The first-order valence-corrected chi connectivity index (χ1v) is 5.54. The van der Waals surface area contributed by atoms with Gasteiger partial charge in [0.1, 0.15) is 0 Å². The lowest BCUT2D eigenvalue weighted by molar-refractivity contribution is 0.737. The molecule has 4 heteroatoms. The Balaban J connectivity index is 2.32. The van der Waals surface area contributed by atoms with E-state index in [-0.39, 0.29) is 0 Å². The summed E-state index contributed by atoms with van der Waals surface area (Å²) in [5.74, 6) is 0.670. The average Bonchev–Trinajstić information content (AvgIpc) is 2.37. The lowest BCUT2D eigenvalue weighted by Crippen LogP contribution is -2.14. The zero-order valence-electron chi connectivity index (χ0n) is 5.94. The van der Waals surface area contributed by atoms with E-state index in [1.807, 2.05) is 0 Å². The van der Waals surface area contributed by atoms with E-state index in [9.17, 15) is 0 Å². The van der Waals surface area contributed by atoms with Crippen molar-refractivity contribution in [2.45, 2.75) is 6.54 Å². The third-order valence-corrected chi connectivity index (χ3v) is 3.36. The fourth-order valence-electron chi connectivity index (χ4n) is 0.720. The molecule has 0 fully saturated rings. The largest absolute Gasteiger partial charge is 0.311 e. The standard InChI is InChI=1S/C7H9BrClNS/c8-6-1-4-11-7(6)5-10-3-2-9/h1,4,10H,2-3,5H2. The number of nitrogens with one attached hydrogen (secondary N) is 1. The van der Waals surface area contributed by atoms with E-state index >= 15 is 0 Å². The van der Waals surface area contributed by atoms with Crippen LogP contribution >= 0.6 is 38.9 Å². The number of rotatable bonds is 4. The Bertz CT molecular complexity index is 214. The summed E-state index contributed by atoms with van der Waals surface area (Å²) in [6.45, 7) is 1.77. The predicted octanol–water partition coefficient (Wildman–Crippen LogP) is 2.84. The van der Waals surface area contributed by atoms with Crippen molar-refractivity contribution in [2.75, 3.05) is 12.4 Å². The zero-order chi connectivity index (χ0) is 8.10. The lowest BCUT2D eigenvalue weighted by Gasteiger charge is -1.99. The molecule has 1 aromatic rings. The SMILES string of the molecule is ClCCNCc1sccc1Br. The Kier molecular flexibility index (Phi) is 4.45. The van der Waals surface area contributed by atoms with Crippen LogP contribution in [0.25, 0.3) is 0 Å². The maximum absolute atomic E-state index is 5.51. The van der Waals surface area contributed by atoms with Gasteiger partial charge in [-0.25, -0.2) is 0 Å². The molecule has 62 valence electrons. The predicted molar refractivity (Wildman–Crippen MR) is 54.4 cm³/mol. The van der Waals surface area contributed by atoms with Gasteiger partial charge >= 0.3 is 0 Å². The van der Waals surface area contributed by atoms with Gasteiger partial charge in [0, 0.05) is 28.3 Å². The van der Waals surface area contributed by atoms with E-state index in [0.29, 0.717) is 5.88 Å². The minimum Gasteiger partial charge on any atom is -0.311 e. The van der Waals surface area contributed by atoms with Crippen LogP contribution in [0.15, 0.2) is 15.9 Å². The van der Waals surface area contributed by atoms with Crippen LogP contribution in [-0.4, -0.2) is 12.4 Å². The van der Waals surface area contributed by atoms with Crippen LogP contribution in [0.2, 0.25) is 0 Å². The van der Waals surface area contributed by atoms with Crippen LogP contribution in [0.5, 0.6) is 0 Å². The van der Waals surface area contributed by atoms with Gasteiger partial charge in [-0.05, 0) is 27.4 Å². The average molecular weight is 255 g/mol. The van der Waals surface area contributed by atoms with Gasteiger partial charge in [-0.3, -0.25) is 0 Å². The van der Waals surface area contributed by atoms with Crippen LogP contribution < -0.4 is 5.32 Å². The van der Waals surface area contributed by atoms with Crippen molar-refractivity contribution in [3.8, 4) is 0 Å². The first-order chi connectivity index (χ1) is 5.34. The van der Waals surface area contributed by atoms with Gasteiger partial charge in [0.25, 0.3) is 0 Å². The Morgan fingerprint density at radius 3 is 3.00 bits per heavy atom. The van der Waals surface area contributed by atoms with Crippen LogP contribution in [0, 0.1) is 0 Å². The van der Waals surface area contributed by atoms with Gasteiger partial charge in [0.15, 0.2) is 0 Å². The fourth-order valence-corrected chi connectivity index (χ4v) is 2.32. The number of alkyl halides is 1. The highest BCUT2D eigenvalue weighted by molar-refractivity contribution is 9.10. The summed E-state index contributed by atoms with van der Waals surface area (Å²) in [5, 5.41) is 5.30. The van der Waals surface area contributed by atoms with Crippen LogP contribution in [0.3, 0.4) is 0 Å². The maximum atomic E-state index is 5.51. The summed E-state index contributed by atoms with van der Waals surface area (Å²) in [4.78, 5) is 1.33. The van der Waals surface area contributed by atoms with Crippen LogP contribution in [0.4, 0.5) is 0 Å². The normalized spacial score (nSPS) is 10.4. The summed E-state index contributed by atoms with van der Waals surface area (Å²) in [6, 6.07) is 2.06. The molecule has 0 atom stereocenters. The third-order valence-electron chi connectivity index (χ3n) is 1.25. The Morgan fingerprint density at radius 1 is 1.64 bits per heavy atom. The Labute approximate surface area is 83.9 Å². The molecule has 0 aromatic carbocycles. The molecule has 1 heterocycles. The molecule has 1 N–H and O–H groups in total. The minimum absolute atomic E-state index is 0.670. The van der Waals surface area contributed by atoms with E-state index in [4.69, 9.17) is 11.6 Å². The highest BCUT2D eigenvalue weighted by Crippen LogP contribution is 2.21. The molecule has 0 aliphatic heterocycles. The lowest BCUT2D eigenvalue weighted by atomic mass is 10.4. The van der Waals surface area contributed by atoms with Crippen molar-refractivity contribution in [3.63, 3.8) is 0 Å². The molecule has 0 unspecified atom stereocenters. The number of hydrogen-bond acceptors (Lipinski definition) is 2. The zero-order valence-corrected chi connectivity index (χ0v) is 9.10. The molecule has 0 bridgehead atoms. The topological polar surface area (TPSA) is 12.0 Å². The van der Waals surface area contributed by atoms with Crippen molar-refractivity contribution in [1.29, 1.82) is 0 Å². The molecule has 1 nitrogen and oxygen atoms in total. The molecule has 1 rings (SSSR count). The monoisotopic (exact) mass is 253 g/mol. The summed E-state index contributed by atoms with van der Waals surface area (Å²) in [6.07, 6.45) is 0. The summed E-state index contributed by atoms with van der Waals surface area (Å²) in [5.41, 5.74) is 0. The number of halogens is 2. The maximum Gasteiger partial charge on any atom is 0.0348 e. The molecule has 0 saturated heterocycles. The molecule has 0 spiro atoms. The summed E-state index contributed by atoms with van der Waals surface area (Å²) >= 11 is 10.7. The Hall–Kier alpha value is 0.430. The quantitative estimate of drug-likeness (QED) is 0.644. The van der Waals surface area contributed by atoms with Gasteiger partial charge in [0.05, 0.1) is 0 Å². The van der Waals surface area contributed by atoms with Crippen molar-refractivity contribution >= 4 is 38.9 Å². The van der Waals surface area contributed by atoms with Gasteiger partial charge in [-0.15, -0.1) is 22.9 Å². The first-order valence-electron chi connectivity index (χ1n) is 3.33. The van der Waals surface area contributed by atoms with Crippen molar-refractivity contribution < 1.29 is 0 Å². The molecule has 0 aliphatic carbocycles. The molecule has 0 aliphatic rings. The highest BCUT2D eigenvalue weighted by Gasteiger charge is 1.98. The molecular weight excluding hydrogens is 246 g/mol. The van der Waals surface area contributed by atoms with Gasteiger partial charge in [-0.1, -0.05) is 0 Å². The molecule has 0 saturated carbocycles. The van der Waals surface area contributed by atoms with Crippen molar-refractivity contribution in [3.05, 3.63) is 20.8 Å². The van der Waals surface area contributed by atoms with Crippen LogP contribution in [0.1, 0.15) is 4.88 Å². The third kappa shape index (κ3) is 3.11. The Morgan fingerprint density at radius 2 is 2.45 bits per heavy atom. The van der Waals surface area contributed by atoms with Gasteiger partial charge < -0.3 is 5.32 Å². The second-order valence-corrected chi connectivity index (χ2v) is 4.29. The van der Waals surface area contributed by atoms with E-state index in [0.717, 1.165) is 13.1 Å².